The smallest absolute Gasteiger partial charge is 0.356 e. The van der Waals surface area contributed by atoms with Crippen molar-refractivity contribution in [1.29, 1.82) is 0 Å². The molecule has 1 saturated carbocycles. The number of hydrogen-bond donors (Lipinski definition) is 2. The standard InChI is InChI=1S/C20H26F3N5O.HI/c1-14-27-17(29-28-14)8-4-11-25-18(24-2)26-13-19(9-5-10-19)15-6-3-7-16(12-15)20(21,22)23;/h3,6-7,12H,4-5,8-11,13H2,1-2H3,(H2,24,25,26);1H. The SMILES string of the molecule is CN=C(NCCCc1nc(C)no1)NCC1(c2cccc(C(F)(F)F)c2)CCC1.I. The highest BCUT2D eigenvalue weighted by Gasteiger charge is 2.40. The second-order valence-electron chi connectivity index (χ2n) is 7.40. The lowest BCUT2D eigenvalue weighted by Crippen LogP contribution is -2.49. The molecule has 166 valence electrons. The molecule has 0 saturated heterocycles. The van der Waals surface area contributed by atoms with E-state index in [4.69, 9.17) is 4.52 Å². The monoisotopic (exact) mass is 537 g/mol. The molecule has 0 amide bonds. The van der Waals surface area contributed by atoms with E-state index in [1.165, 1.54) is 12.1 Å². The molecule has 1 heterocycles. The van der Waals surface area contributed by atoms with Gasteiger partial charge in [-0.2, -0.15) is 18.2 Å². The van der Waals surface area contributed by atoms with E-state index in [2.05, 4.69) is 25.8 Å². The van der Waals surface area contributed by atoms with Gasteiger partial charge < -0.3 is 15.2 Å². The topological polar surface area (TPSA) is 75.3 Å². The summed E-state index contributed by atoms with van der Waals surface area (Å²) in [6, 6.07) is 5.68. The van der Waals surface area contributed by atoms with Gasteiger partial charge in [0.2, 0.25) is 5.89 Å². The number of nitrogens with zero attached hydrogens (tertiary/aromatic N) is 3. The molecule has 1 aromatic heterocycles. The Morgan fingerprint density at radius 1 is 1.27 bits per heavy atom. The predicted octanol–water partition coefficient (Wildman–Crippen LogP) is 4.23. The predicted molar refractivity (Wildman–Crippen MR) is 119 cm³/mol. The Balaban J connectivity index is 0.00000320. The van der Waals surface area contributed by atoms with Crippen molar-refractivity contribution in [1.82, 2.24) is 20.8 Å². The van der Waals surface area contributed by atoms with Crippen LogP contribution in [0.4, 0.5) is 13.2 Å². The van der Waals surface area contributed by atoms with Crippen molar-refractivity contribution in [3.8, 4) is 0 Å². The number of alkyl halides is 3. The van der Waals surface area contributed by atoms with E-state index >= 15 is 0 Å². The quantitative estimate of drug-likeness (QED) is 0.239. The van der Waals surface area contributed by atoms with Crippen LogP contribution in [0.5, 0.6) is 0 Å². The number of halogens is 4. The molecule has 1 fully saturated rings. The molecule has 2 N–H and O–H groups in total. The van der Waals surface area contributed by atoms with Crippen LogP contribution >= 0.6 is 24.0 Å². The number of rotatable bonds is 7. The highest BCUT2D eigenvalue weighted by Crippen LogP contribution is 2.44. The fourth-order valence-corrected chi connectivity index (χ4v) is 3.56. The zero-order valence-corrected chi connectivity index (χ0v) is 19.4. The van der Waals surface area contributed by atoms with Crippen LogP contribution in [0.25, 0.3) is 0 Å². The summed E-state index contributed by atoms with van der Waals surface area (Å²) in [5.74, 6) is 1.85. The number of aliphatic imine (C=N–C) groups is 1. The highest BCUT2D eigenvalue weighted by atomic mass is 127. The van der Waals surface area contributed by atoms with Crippen LogP contribution in [0.15, 0.2) is 33.8 Å². The number of aryl methyl sites for hydroxylation is 2. The van der Waals surface area contributed by atoms with Crippen molar-refractivity contribution < 1.29 is 17.7 Å². The van der Waals surface area contributed by atoms with Crippen molar-refractivity contribution in [2.45, 2.75) is 50.6 Å². The Hall–Kier alpha value is -1.85. The molecular formula is C20H27F3IN5O. The Labute approximate surface area is 191 Å². The second kappa shape index (κ2) is 10.5. The molecule has 10 heteroatoms. The first-order chi connectivity index (χ1) is 13.8. The summed E-state index contributed by atoms with van der Waals surface area (Å²) in [5, 5.41) is 10.3. The largest absolute Gasteiger partial charge is 0.416 e. The number of guanidine groups is 1. The second-order valence-corrected chi connectivity index (χ2v) is 7.40. The number of hydrogen-bond acceptors (Lipinski definition) is 4. The van der Waals surface area contributed by atoms with Crippen molar-refractivity contribution >= 4 is 29.9 Å². The van der Waals surface area contributed by atoms with E-state index in [-0.39, 0.29) is 29.4 Å². The molecule has 1 aliphatic carbocycles. The third kappa shape index (κ3) is 6.08. The zero-order valence-electron chi connectivity index (χ0n) is 17.1. The van der Waals surface area contributed by atoms with Gasteiger partial charge in [-0.3, -0.25) is 4.99 Å². The molecule has 0 aliphatic heterocycles. The van der Waals surface area contributed by atoms with E-state index in [9.17, 15) is 13.2 Å². The van der Waals surface area contributed by atoms with Crippen molar-refractivity contribution in [2.24, 2.45) is 4.99 Å². The van der Waals surface area contributed by atoms with Crippen molar-refractivity contribution in [3.05, 3.63) is 47.1 Å². The van der Waals surface area contributed by atoms with Crippen LogP contribution in [-0.2, 0) is 18.0 Å². The van der Waals surface area contributed by atoms with Gasteiger partial charge in [0, 0.05) is 32.0 Å². The number of benzene rings is 1. The molecule has 0 unspecified atom stereocenters. The zero-order chi connectivity index (χ0) is 20.9. The number of aromatic nitrogens is 2. The van der Waals surface area contributed by atoms with Crippen molar-refractivity contribution in [2.75, 3.05) is 20.1 Å². The molecule has 0 bridgehead atoms. The molecule has 0 radical (unpaired) electrons. The fraction of sp³-hybridized carbons (Fsp3) is 0.550. The van der Waals surface area contributed by atoms with Crippen LogP contribution < -0.4 is 10.6 Å². The first kappa shape index (κ1) is 24.4. The minimum Gasteiger partial charge on any atom is -0.356 e. The average molecular weight is 537 g/mol. The Morgan fingerprint density at radius 2 is 2.03 bits per heavy atom. The lowest BCUT2D eigenvalue weighted by Gasteiger charge is -2.43. The van der Waals surface area contributed by atoms with Gasteiger partial charge in [-0.15, -0.1) is 24.0 Å². The molecule has 1 aromatic carbocycles. The summed E-state index contributed by atoms with van der Waals surface area (Å²) in [7, 11) is 1.68. The van der Waals surface area contributed by atoms with Gasteiger partial charge >= 0.3 is 6.18 Å². The Morgan fingerprint density at radius 3 is 2.60 bits per heavy atom. The molecule has 1 aliphatic rings. The maximum absolute atomic E-state index is 13.1. The van der Waals surface area contributed by atoms with Crippen LogP contribution in [0.1, 0.15) is 48.5 Å². The molecule has 0 atom stereocenters. The van der Waals surface area contributed by atoms with E-state index < -0.39 is 11.7 Å². The lowest BCUT2D eigenvalue weighted by atomic mass is 9.64. The van der Waals surface area contributed by atoms with Gasteiger partial charge in [-0.25, -0.2) is 0 Å². The maximum Gasteiger partial charge on any atom is 0.416 e. The molecule has 2 aromatic rings. The minimum atomic E-state index is -4.33. The van der Waals surface area contributed by atoms with E-state index in [1.807, 2.05) is 0 Å². The summed E-state index contributed by atoms with van der Waals surface area (Å²) in [6.45, 7) is 2.98. The fourth-order valence-electron chi connectivity index (χ4n) is 3.56. The summed E-state index contributed by atoms with van der Waals surface area (Å²) in [4.78, 5) is 8.37. The van der Waals surface area contributed by atoms with Gasteiger partial charge in [0.1, 0.15) is 0 Å². The Bertz CT molecular complexity index is 849. The lowest BCUT2D eigenvalue weighted by molar-refractivity contribution is -0.137. The normalized spacial score (nSPS) is 15.8. The van der Waals surface area contributed by atoms with Crippen molar-refractivity contribution in [3.63, 3.8) is 0 Å². The molecule has 30 heavy (non-hydrogen) atoms. The summed E-state index contributed by atoms with van der Waals surface area (Å²) in [5.41, 5.74) is -0.159. The van der Waals surface area contributed by atoms with Crippen LogP contribution in [0.3, 0.4) is 0 Å². The van der Waals surface area contributed by atoms with Gasteiger partial charge in [0.05, 0.1) is 5.56 Å². The molecular weight excluding hydrogens is 510 g/mol. The van der Waals surface area contributed by atoms with E-state index in [0.717, 1.165) is 37.3 Å². The first-order valence-corrected chi connectivity index (χ1v) is 9.74. The first-order valence-electron chi connectivity index (χ1n) is 9.74. The van der Waals surface area contributed by atoms with E-state index in [1.54, 1.807) is 20.0 Å². The van der Waals surface area contributed by atoms with Crippen LogP contribution in [-0.4, -0.2) is 36.2 Å². The van der Waals surface area contributed by atoms with Crippen LogP contribution in [0.2, 0.25) is 0 Å². The average Bonchev–Trinajstić information content (AvgIpc) is 3.07. The molecule has 0 spiro atoms. The van der Waals surface area contributed by atoms with Gasteiger partial charge in [0.15, 0.2) is 11.8 Å². The maximum atomic E-state index is 13.1. The molecule has 3 rings (SSSR count). The summed E-state index contributed by atoms with van der Waals surface area (Å²) in [6.07, 6.45) is -0.153. The van der Waals surface area contributed by atoms with Gasteiger partial charge in [-0.1, -0.05) is 29.8 Å². The summed E-state index contributed by atoms with van der Waals surface area (Å²) >= 11 is 0. The third-order valence-corrected chi connectivity index (χ3v) is 5.36. The minimum absolute atomic E-state index is 0. The van der Waals surface area contributed by atoms with Gasteiger partial charge in [0.25, 0.3) is 0 Å². The third-order valence-electron chi connectivity index (χ3n) is 5.36. The summed E-state index contributed by atoms with van der Waals surface area (Å²) < 4.78 is 44.3. The number of nitrogens with one attached hydrogen (secondary N) is 2. The van der Waals surface area contributed by atoms with E-state index in [0.29, 0.717) is 37.2 Å². The van der Waals surface area contributed by atoms with Gasteiger partial charge in [-0.05, 0) is 37.8 Å². The van der Waals surface area contributed by atoms with Crippen LogP contribution in [0, 0.1) is 6.92 Å². The molecule has 6 nitrogen and oxygen atoms in total. The highest BCUT2D eigenvalue weighted by molar-refractivity contribution is 14.0. The Kier molecular flexibility index (Phi) is 8.51.